The monoisotopic (exact) mass is 342 g/mol. The summed E-state index contributed by atoms with van der Waals surface area (Å²) in [7, 11) is 0. The highest BCUT2D eigenvalue weighted by Gasteiger charge is 2.38. The van der Waals surface area contributed by atoms with Gasteiger partial charge in [0, 0.05) is 25.1 Å². The molecule has 136 valence electrons. The van der Waals surface area contributed by atoms with Crippen LogP contribution in [0.5, 0.6) is 0 Å². The molecule has 0 spiro atoms. The van der Waals surface area contributed by atoms with Gasteiger partial charge in [0.2, 0.25) is 11.8 Å². The van der Waals surface area contributed by atoms with Crippen LogP contribution >= 0.6 is 0 Å². The quantitative estimate of drug-likeness (QED) is 0.884. The zero-order valence-electron chi connectivity index (χ0n) is 15.5. The van der Waals surface area contributed by atoms with Gasteiger partial charge in [-0.05, 0) is 36.8 Å². The summed E-state index contributed by atoms with van der Waals surface area (Å²) < 4.78 is 0. The summed E-state index contributed by atoms with van der Waals surface area (Å²) >= 11 is 0. The van der Waals surface area contributed by atoms with E-state index in [0.717, 1.165) is 24.1 Å². The lowest BCUT2D eigenvalue weighted by atomic mass is 9.82. The first-order valence-corrected chi connectivity index (χ1v) is 9.80. The van der Waals surface area contributed by atoms with Crippen molar-refractivity contribution < 1.29 is 9.59 Å². The lowest BCUT2D eigenvalue weighted by Crippen LogP contribution is -2.51. The molecule has 1 unspecified atom stereocenters. The molecule has 2 atom stereocenters. The van der Waals surface area contributed by atoms with Crippen LogP contribution in [0.2, 0.25) is 0 Å². The molecule has 1 aromatic rings. The molecule has 0 bridgehead atoms. The maximum absolute atomic E-state index is 13.1. The van der Waals surface area contributed by atoms with Gasteiger partial charge < -0.3 is 5.32 Å². The van der Waals surface area contributed by atoms with Crippen molar-refractivity contribution in [2.45, 2.75) is 77.3 Å². The van der Waals surface area contributed by atoms with Crippen LogP contribution in [0.15, 0.2) is 24.3 Å². The van der Waals surface area contributed by atoms with Gasteiger partial charge in [-0.2, -0.15) is 0 Å². The summed E-state index contributed by atoms with van der Waals surface area (Å²) in [5.74, 6) is 0.539. The third-order valence-corrected chi connectivity index (χ3v) is 5.76. The van der Waals surface area contributed by atoms with Crippen molar-refractivity contribution in [3.63, 3.8) is 0 Å². The first kappa shape index (κ1) is 18.0. The van der Waals surface area contributed by atoms with Crippen molar-refractivity contribution in [1.82, 2.24) is 5.32 Å². The second-order valence-corrected chi connectivity index (χ2v) is 7.54. The maximum Gasteiger partial charge on any atom is 0.243 e. The smallest absolute Gasteiger partial charge is 0.243 e. The standard InChI is InChI=1S/C21H30N2O2/c1-3-9-18(16-10-5-4-6-11-16)22-21(25)20-14-17-12-7-8-13-19(17)23(20)15(2)24/h7-8,12-13,16,18,20H,3-6,9-11,14H2,1-2H3,(H,22,25)/t18?,20-/m0/s1. The summed E-state index contributed by atoms with van der Waals surface area (Å²) in [4.78, 5) is 26.9. The number of carbonyl (C=O) groups is 2. The summed E-state index contributed by atoms with van der Waals surface area (Å²) in [5, 5.41) is 3.32. The van der Waals surface area contributed by atoms with Gasteiger partial charge >= 0.3 is 0 Å². The molecule has 1 fully saturated rings. The zero-order chi connectivity index (χ0) is 17.8. The van der Waals surface area contributed by atoms with Gasteiger partial charge in [-0.1, -0.05) is 50.8 Å². The van der Waals surface area contributed by atoms with E-state index in [1.165, 1.54) is 32.1 Å². The lowest BCUT2D eigenvalue weighted by molar-refractivity contribution is -0.126. The third-order valence-electron chi connectivity index (χ3n) is 5.76. The average molecular weight is 342 g/mol. The van der Waals surface area contributed by atoms with E-state index in [1.807, 2.05) is 24.3 Å². The SMILES string of the molecule is CCCC(NC(=O)[C@@H]1Cc2ccccc2N1C(C)=O)C1CCCCC1. The van der Waals surface area contributed by atoms with Crippen molar-refractivity contribution >= 4 is 17.5 Å². The normalized spacial score (nSPS) is 21.7. The second-order valence-electron chi connectivity index (χ2n) is 7.54. The molecule has 25 heavy (non-hydrogen) atoms. The Morgan fingerprint density at radius 2 is 1.92 bits per heavy atom. The number of rotatable bonds is 5. The molecule has 2 aliphatic rings. The number of anilines is 1. The van der Waals surface area contributed by atoms with E-state index in [0.29, 0.717) is 12.3 Å². The molecule has 3 rings (SSSR count). The number of benzene rings is 1. The molecule has 4 heteroatoms. The zero-order valence-corrected chi connectivity index (χ0v) is 15.5. The fourth-order valence-corrected chi connectivity index (χ4v) is 4.54. The van der Waals surface area contributed by atoms with Crippen LogP contribution in [0.25, 0.3) is 0 Å². The fourth-order valence-electron chi connectivity index (χ4n) is 4.54. The van der Waals surface area contributed by atoms with Crippen LogP contribution in [0.3, 0.4) is 0 Å². The Hall–Kier alpha value is -1.84. The molecule has 1 aromatic carbocycles. The minimum absolute atomic E-state index is 0.00965. The number of fused-ring (bicyclic) bond motifs is 1. The number of nitrogens with zero attached hydrogens (tertiary/aromatic N) is 1. The van der Waals surface area contributed by atoms with Crippen LogP contribution in [0, 0.1) is 5.92 Å². The lowest BCUT2D eigenvalue weighted by Gasteiger charge is -2.33. The molecule has 2 amide bonds. The van der Waals surface area contributed by atoms with E-state index in [9.17, 15) is 9.59 Å². The second kappa shape index (κ2) is 8.03. The highest BCUT2D eigenvalue weighted by atomic mass is 16.2. The van der Waals surface area contributed by atoms with E-state index < -0.39 is 6.04 Å². The van der Waals surface area contributed by atoms with Crippen molar-refractivity contribution in [1.29, 1.82) is 0 Å². The Morgan fingerprint density at radius 3 is 2.60 bits per heavy atom. The van der Waals surface area contributed by atoms with Crippen molar-refractivity contribution in [3.8, 4) is 0 Å². The Morgan fingerprint density at radius 1 is 1.20 bits per heavy atom. The summed E-state index contributed by atoms with van der Waals surface area (Å²) in [6.07, 6.45) is 9.01. The van der Waals surface area contributed by atoms with E-state index in [1.54, 1.807) is 11.8 Å². The first-order valence-electron chi connectivity index (χ1n) is 9.80. The van der Waals surface area contributed by atoms with Crippen LogP contribution in [-0.4, -0.2) is 23.9 Å². The largest absolute Gasteiger partial charge is 0.351 e. The van der Waals surface area contributed by atoms with Gasteiger partial charge in [0.05, 0.1) is 0 Å². The summed E-state index contributed by atoms with van der Waals surface area (Å²) in [5.41, 5.74) is 1.97. The number of hydrogen-bond donors (Lipinski definition) is 1. The Labute approximate surface area is 151 Å². The minimum Gasteiger partial charge on any atom is -0.351 e. The predicted octanol–water partition coefficient (Wildman–Crippen LogP) is 3.83. The summed E-state index contributed by atoms with van der Waals surface area (Å²) in [6.45, 7) is 3.72. The highest BCUT2D eigenvalue weighted by Crippen LogP contribution is 2.33. The molecule has 1 N–H and O–H groups in total. The molecule has 0 radical (unpaired) electrons. The first-order chi connectivity index (χ1) is 12.1. The number of nitrogens with one attached hydrogen (secondary N) is 1. The van der Waals surface area contributed by atoms with Gasteiger partial charge in [-0.3, -0.25) is 14.5 Å². The molecule has 1 aliphatic heterocycles. The maximum atomic E-state index is 13.1. The third kappa shape index (κ3) is 3.88. The van der Waals surface area contributed by atoms with E-state index in [2.05, 4.69) is 12.2 Å². The van der Waals surface area contributed by atoms with E-state index in [4.69, 9.17) is 0 Å². The fraction of sp³-hybridized carbons (Fsp3) is 0.619. The van der Waals surface area contributed by atoms with Crippen molar-refractivity contribution in [2.75, 3.05) is 4.90 Å². The molecule has 1 heterocycles. The number of hydrogen-bond acceptors (Lipinski definition) is 2. The van der Waals surface area contributed by atoms with Crippen LogP contribution in [-0.2, 0) is 16.0 Å². The van der Waals surface area contributed by atoms with Gasteiger partial charge in [0.25, 0.3) is 0 Å². The number of amides is 2. The van der Waals surface area contributed by atoms with Gasteiger partial charge in [0.15, 0.2) is 0 Å². The van der Waals surface area contributed by atoms with E-state index in [-0.39, 0.29) is 17.9 Å². The van der Waals surface area contributed by atoms with Crippen molar-refractivity contribution in [2.24, 2.45) is 5.92 Å². The van der Waals surface area contributed by atoms with Crippen LogP contribution in [0.4, 0.5) is 5.69 Å². The van der Waals surface area contributed by atoms with Crippen LogP contribution < -0.4 is 10.2 Å². The number of para-hydroxylation sites is 1. The Balaban J connectivity index is 1.74. The summed E-state index contributed by atoms with van der Waals surface area (Å²) in [6, 6.07) is 7.70. The molecule has 4 nitrogen and oxygen atoms in total. The minimum atomic E-state index is -0.405. The Bertz CT molecular complexity index is 622. The highest BCUT2D eigenvalue weighted by molar-refractivity contribution is 6.02. The molecular weight excluding hydrogens is 312 g/mol. The molecular formula is C21H30N2O2. The van der Waals surface area contributed by atoms with E-state index >= 15 is 0 Å². The van der Waals surface area contributed by atoms with Gasteiger partial charge in [0.1, 0.15) is 6.04 Å². The van der Waals surface area contributed by atoms with Gasteiger partial charge in [-0.15, -0.1) is 0 Å². The van der Waals surface area contributed by atoms with Crippen LogP contribution in [0.1, 0.15) is 64.4 Å². The topological polar surface area (TPSA) is 49.4 Å². The average Bonchev–Trinajstić information content (AvgIpc) is 3.02. The Kier molecular flexibility index (Phi) is 5.77. The molecule has 0 aromatic heterocycles. The number of carbonyl (C=O) groups excluding carboxylic acids is 2. The molecule has 0 saturated heterocycles. The molecule has 1 aliphatic carbocycles. The predicted molar refractivity (Wildman–Crippen MR) is 101 cm³/mol. The molecule has 1 saturated carbocycles. The van der Waals surface area contributed by atoms with Gasteiger partial charge in [-0.25, -0.2) is 0 Å². The van der Waals surface area contributed by atoms with Crippen molar-refractivity contribution in [3.05, 3.63) is 29.8 Å².